The average molecular weight is 394 g/mol. The molecular formula is C28H19BN2. The fourth-order valence-corrected chi connectivity index (χ4v) is 6.24. The molecular weight excluding hydrogens is 375 g/mol. The third kappa shape index (κ3) is 1.85. The van der Waals surface area contributed by atoms with Gasteiger partial charge in [-0.15, -0.1) is 0 Å². The quantitative estimate of drug-likeness (QED) is 0.356. The number of rotatable bonds is 0. The highest BCUT2D eigenvalue weighted by atomic mass is 15.0. The zero-order valence-corrected chi connectivity index (χ0v) is 17.5. The third-order valence-corrected chi connectivity index (χ3v) is 7.50. The highest BCUT2D eigenvalue weighted by Gasteiger charge is 2.44. The van der Waals surface area contributed by atoms with Crippen LogP contribution in [0.2, 0.25) is 0 Å². The van der Waals surface area contributed by atoms with Gasteiger partial charge >= 0.3 is 0 Å². The molecule has 2 aliphatic heterocycles. The van der Waals surface area contributed by atoms with Crippen molar-refractivity contribution in [2.75, 3.05) is 0 Å². The summed E-state index contributed by atoms with van der Waals surface area (Å²) >= 11 is 0. The minimum atomic E-state index is -0.0785. The molecule has 0 fully saturated rings. The molecule has 7 rings (SSSR count). The Hall–Kier alpha value is -3.77. The average Bonchev–Trinajstić information content (AvgIpc) is 3.15. The van der Waals surface area contributed by atoms with Crippen molar-refractivity contribution in [3.05, 3.63) is 95.6 Å². The predicted molar refractivity (Wildman–Crippen MR) is 129 cm³/mol. The van der Waals surface area contributed by atoms with Crippen LogP contribution in [0.5, 0.6) is 0 Å². The number of para-hydroxylation sites is 2. The summed E-state index contributed by atoms with van der Waals surface area (Å²) in [6, 6.07) is 30.8. The van der Waals surface area contributed by atoms with Crippen molar-refractivity contribution in [1.29, 1.82) is 5.26 Å². The van der Waals surface area contributed by atoms with Crippen LogP contribution in [0.25, 0.3) is 27.5 Å². The first-order valence-electron chi connectivity index (χ1n) is 10.8. The lowest BCUT2D eigenvalue weighted by atomic mass is 9.30. The second-order valence-electron chi connectivity index (χ2n) is 9.28. The van der Waals surface area contributed by atoms with E-state index in [-0.39, 0.29) is 12.1 Å². The van der Waals surface area contributed by atoms with Crippen molar-refractivity contribution in [1.82, 2.24) is 4.57 Å². The van der Waals surface area contributed by atoms with Crippen LogP contribution in [-0.2, 0) is 5.41 Å². The van der Waals surface area contributed by atoms with Gasteiger partial charge in [0.05, 0.1) is 11.1 Å². The lowest BCUT2D eigenvalue weighted by Crippen LogP contribution is -2.63. The fourth-order valence-electron chi connectivity index (χ4n) is 6.24. The van der Waals surface area contributed by atoms with Gasteiger partial charge in [0.1, 0.15) is 6.07 Å². The Balaban J connectivity index is 1.78. The SMILES string of the molecule is CC1(C)c2ccccc2B2c3c(cccc31)-n1c3c(C#N)cccc3c3cccc2c31. The molecule has 0 amide bonds. The van der Waals surface area contributed by atoms with Crippen molar-refractivity contribution in [2.24, 2.45) is 0 Å². The first-order valence-corrected chi connectivity index (χ1v) is 10.8. The van der Waals surface area contributed by atoms with Gasteiger partial charge in [0.2, 0.25) is 6.71 Å². The van der Waals surface area contributed by atoms with Gasteiger partial charge in [-0.3, -0.25) is 0 Å². The van der Waals surface area contributed by atoms with Crippen molar-refractivity contribution in [3.8, 4) is 11.8 Å². The maximum absolute atomic E-state index is 9.93. The monoisotopic (exact) mass is 394 g/mol. The van der Waals surface area contributed by atoms with E-state index in [0.29, 0.717) is 0 Å². The van der Waals surface area contributed by atoms with E-state index >= 15 is 0 Å². The van der Waals surface area contributed by atoms with E-state index in [4.69, 9.17) is 0 Å². The van der Waals surface area contributed by atoms with Gasteiger partial charge in [-0.25, -0.2) is 0 Å². The second kappa shape index (κ2) is 5.48. The molecule has 0 radical (unpaired) electrons. The molecule has 0 spiro atoms. The standard InChI is InChI=1S/C28H19BN2/c1-28(2)20-11-3-4-13-22(20)29-23-14-6-10-19-18-9-5-8-17(16-30)26(18)31(27(19)23)24-15-7-12-21(28)25(24)29/h3-15H,1-2H3. The smallest absolute Gasteiger partial charge is 0.247 e. The van der Waals surface area contributed by atoms with Gasteiger partial charge in [0.15, 0.2) is 0 Å². The largest absolute Gasteiger partial charge is 0.309 e. The normalized spacial score (nSPS) is 14.9. The maximum Gasteiger partial charge on any atom is 0.247 e. The summed E-state index contributed by atoms with van der Waals surface area (Å²) in [6.45, 7) is 4.88. The van der Waals surface area contributed by atoms with Crippen molar-refractivity contribution in [3.63, 3.8) is 0 Å². The van der Waals surface area contributed by atoms with E-state index in [1.165, 1.54) is 44.1 Å². The molecule has 3 heterocycles. The lowest BCUT2D eigenvalue weighted by Gasteiger charge is -2.41. The Kier molecular flexibility index (Phi) is 3.00. The van der Waals surface area contributed by atoms with E-state index in [2.05, 4.69) is 91.2 Å². The Morgan fingerprint density at radius 3 is 2.26 bits per heavy atom. The van der Waals surface area contributed by atoms with Gasteiger partial charge in [-0.1, -0.05) is 86.0 Å². The summed E-state index contributed by atoms with van der Waals surface area (Å²) in [7, 11) is 0. The van der Waals surface area contributed by atoms with Crippen LogP contribution < -0.4 is 16.4 Å². The van der Waals surface area contributed by atoms with Crippen LogP contribution in [0.15, 0.2) is 78.9 Å². The van der Waals surface area contributed by atoms with Crippen LogP contribution in [-0.4, -0.2) is 11.3 Å². The Bertz CT molecular complexity index is 1630. The molecule has 2 aliphatic rings. The predicted octanol–water partition coefficient (Wildman–Crippen LogP) is 4.12. The molecule has 1 aromatic heterocycles. The number of fused-ring (bicyclic) bond motifs is 7. The lowest BCUT2D eigenvalue weighted by molar-refractivity contribution is 0.645. The first-order chi connectivity index (χ1) is 15.1. The minimum absolute atomic E-state index is 0.0785. The summed E-state index contributed by atoms with van der Waals surface area (Å²) < 4.78 is 2.36. The molecule has 0 saturated carbocycles. The van der Waals surface area contributed by atoms with E-state index in [0.717, 1.165) is 16.5 Å². The number of hydrogen-bond acceptors (Lipinski definition) is 1. The Morgan fingerprint density at radius 1 is 0.742 bits per heavy atom. The maximum atomic E-state index is 9.93. The van der Waals surface area contributed by atoms with Gasteiger partial charge < -0.3 is 4.57 Å². The van der Waals surface area contributed by atoms with Crippen molar-refractivity contribution in [2.45, 2.75) is 19.3 Å². The van der Waals surface area contributed by atoms with Crippen molar-refractivity contribution >= 4 is 44.9 Å². The number of hydrogen-bond donors (Lipinski definition) is 0. The van der Waals surface area contributed by atoms with Crippen LogP contribution in [0.3, 0.4) is 0 Å². The molecule has 0 unspecified atom stereocenters. The van der Waals surface area contributed by atoms with E-state index < -0.39 is 0 Å². The number of nitriles is 1. The Morgan fingerprint density at radius 2 is 1.42 bits per heavy atom. The molecule has 3 heteroatoms. The van der Waals surface area contributed by atoms with Crippen LogP contribution >= 0.6 is 0 Å². The molecule has 0 bridgehead atoms. The third-order valence-electron chi connectivity index (χ3n) is 7.50. The molecule has 0 aliphatic carbocycles. The zero-order chi connectivity index (χ0) is 20.9. The molecule has 0 N–H and O–H groups in total. The summed E-state index contributed by atoms with van der Waals surface area (Å²) in [5.74, 6) is 0. The van der Waals surface area contributed by atoms with E-state index in [1.54, 1.807) is 0 Å². The number of aromatic nitrogens is 1. The summed E-state index contributed by atoms with van der Waals surface area (Å²) in [4.78, 5) is 0. The molecule has 0 saturated heterocycles. The van der Waals surface area contributed by atoms with Gasteiger partial charge in [0.25, 0.3) is 0 Å². The highest BCUT2D eigenvalue weighted by Crippen LogP contribution is 2.39. The fraction of sp³-hybridized carbons (Fsp3) is 0.107. The minimum Gasteiger partial charge on any atom is -0.309 e. The Labute approximate surface area is 181 Å². The second-order valence-corrected chi connectivity index (χ2v) is 9.28. The summed E-state index contributed by atoms with van der Waals surface area (Å²) in [6.07, 6.45) is 0. The zero-order valence-electron chi connectivity index (χ0n) is 17.5. The molecule has 4 aromatic carbocycles. The number of nitrogens with zero attached hydrogens (tertiary/aromatic N) is 2. The first kappa shape index (κ1) is 17.0. The van der Waals surface area contributed by atoms with Crippen molar-refractivity contribution < 1.29 is 0 Å². The van der Waals surface area contributed by atoms with E-state index in [9.17, 15) is 5.26 Å². The van der Waals surface area contributed by atoms with Crippen LogP contribution in [0, 0.1) is 11.3 Å². The highest BCUT2D eigenvalue weighted by molar-refractivity contribution is 6.99. The number of benzene rings is 4. The molecule has 5 aromatic rings. The van der Waals surface area contributed by atoms with Gasteiger partial charge in [-0.2, -0.15) is 5.26 Å². The van der Waals surface area contributed by atoms with Crippen LogP contribution in [0.4, 0.5) is 0 Å². The van der Waals surface area contributed by atoms with Gasteiger partial charge in [-0.05, 0) is 34.2 Å². The summed E-state index contributed by atoms with van der Waals surface area (Å²) in [5.41, 5.74) is 11.0. The molecule has 0 atom stereocenters. The van der Waals surface area contributed by atoms with Gasteiger partial charge in [0, 0.05) is 27.4 Å². The summed E-state index contributed by atoms with van der Waals surface area (Å²) in [5, 5.41) is 12.3. The molecule has 31 heavy (non-hydrogen) atoms. The molecule has 144 valence electrons. The molecule has 2 nitrogen and oxygen atoms in total. The van der Waals surface area contributed by atoms with E-state index in [1.807, 2.05) is 12.1 Å². The topological polar surface area (TPSA) is 28.7 Å². The van der Waals surface area contributed by atoms with Crippen LogP contribution in [0.1, 0.15) is 30.5 Å².